The fourth-order valence-electron chi connectivity index (χ4n) is 6.41. The summed E-state index contributed by atoms with van der Waals surface area (Å²) < 4.78 is 279. The topological polar surface area (TPSA) is 13.1 Å². The normalized spacial score (nSPS) is 20.2. The molecular weight excluding hydrogens is 617 g/mol. The van der Waals surface area contributed by atoms with Gasteiger partial charge < -0.3 is 4.42 Å². The summed E-state index contributed by atoms with van der Waals surface area (Å²) in [5.41, 5.74) is -6.05. The zero-order valence-corrected chi connectivity index (χ0v) is 25.4. The molecule has 1 heteroatoms. The van der Waals surface area contributed by atoms with Crippen molar-refractivity contribution in [1.82, 2.24) is 0 Å². The monoisotopic (exact) mass is 676 g/mol. The lowest BCUT2D eigenvalue weighted by atomic mass is 9.84. The highest BCUT2D eigenvalue weighted by molar-refractivity contribution is 6.24. The van der Waals surface area contributed by atoms with Crippen LogP contribution in [0.25, 0.3) is 109 Å². The second-order valence-electron chi connectivity index (χ2n) is 11.3. The van der Waals surface area contributed by atoms with E-state index in [1.165, 1.54) is 0 Å². The highest BCUT2D eigenvalue weighted by Gasteiger charge is 2.19. The summed E-state index contributed by atoms with van der Waals surface area (Å²) in [6.45, 7) is 0. The second-order valence-corrected chi connectivity index (χ2v) is 11.3. The standard InChI is InChI=1S/C50H30O/c1-2-13-34-29-36(26-23-31(34)11-1)47-39-16-5-7-18-41(39)48(42-19-8-6-17-40(42)47)43-21-9-14-33-24-25-35(30-45(33)43)37-20-10-22-46-49(37)44-28-27-32-12-3-4-15-38(32)50(44)51-46/h1-30H/i1D,2D,3D,4D,5D,6D,7D,8D,9D,10D,11D,12D,13D,14D,15D,16D,17D,18D,19D,20D,21D,22D,23D,24D,25D,26D,27D,28D,29D,30D. The molecule has 0 unspecified atom stereocenters. The predicted molar refractivity (Wildman–Crippen MR) is 218 cm³/mol. The molecule has 0 aliphatic carbocycles. The summed E-state index contributed by atoms with van der Waals surface area (Å²) in [5.74, 6) is 0. The van der Waals surface area contributed by atoms with Crippen LogP contribution in [0, 0.1) is 0 Å². The van der Waals surface area contributed by atoms with Gasteiger partial charge >= 0.3 is 0 Å². The molecule has 0 fully saturated rings. The minimum Gasteiger partial charge on any atom is -0.455 e. The third-order valence-electron chi connectivity index (χ3n) is 8.56. The van der Waals surface area contributed by atoms with Gasteiger partial charge in [-0.3, -0.25) is 0 Å². The van der Waals surface area contributed by atoms with Gasteiger partial charge in [-0.15, -0.1) is 0 Å². The van der Waals surface area contributed by atoms with E-state index >= 15 is 0 Å². The molecule has 0 saturated heterocycles. The molecule has 51 heavy (non-hydrogen) atoms. The third kappa shape index (κ3) is 4.22. The number of fused-ring (bicyclic) bond motifs is 9. The van der Waals surface area contributed by atoms with Gasteiger partial charge in [0.25, 0.3) is 0 Å². The summed E-state index contributed by atoms with van der Waals surface area (Å²) in [7, 11) is 0. The number of hydrogen-bond donors (Lipinski definition) is 0. The van der Waals surface area contributed by atoms with Crippen LogP contribution in [-0.2, 0) is 0 Å². The van der Waals surface area contributed by atoms with Crippen LogP contribution in [0.4, 0.5) is 0 Å². The Morgan fingerprint density at radius 2 is 0.882 bits per heavy atom. The van der Waals surface area contributed by atoms with Crippen LogP contribution in [-0.4, -0.2) is 0 Å². The van der Waals surface area contributed by atoms with Crippen molar-refractivity contribution in [2.45, 2.75) is 0 Å². The van der Waals surface area contributed by atoms with Gasteiger partial charge in [-0.05, 0) is 106 Å². The smallest absolute Gasteiger partial charge is 0.143 e. The number of benzene rings is 10. The van der Waals surface area contributed by atoms with Gasteiger partial charge in [0.05, 0.1) is 41.1 Å². The van der Waals surface area contributed by atoms with Crippen molar-refractivity contribution in [3.8, 4) is 33.4 Å². The summed E-state index contributed by atoms with van der Waals surface area (Å²) in [6.07, 6.45) is 0. The molecule has 0 radical (unpaired) electrons. The third-order valence-corrected chi connectivity index (χ3v) is 8.56. The molecular formula is C50H30O. The molecule has 11 rings (SSSR count). The van der Waals surface area contributed by atoms with Gasteiger partial charge in [-0.1, -0.05) is 157 Å². The molecule has 0 atom stereocenters. The van der Waals surface area contributed by atoms with Gasteiger partial charge in [0.15, 0.2) is 0 Å². The van der Waals surface area contributed by atoms with Crippen molar-refractivity contribution in [2.75, 3.05) is 0 Å². The Morgan fingerprint density at radius 1 is 0.333 bits per heavy atom. The van der Waals surface area contributed by atoms with Crippen molar-refractivity contribution in [1.29, 1.82) is 0 Å². The van der Waals surface area contributed by atoms with E-state index in [9.17, 15) is 19.2 Å². The predicted octanol–water partition coefficient (Wildman–Crippen LogP) is 14.4. The van der Waals surface area contributed by atoms with Crippen molar-refractivity contribution in [3.63, 3.8) is 0 Å². The maximum Gasteiger partial charge on any atom is 0.143 e. The van der Waals surface area contributed by atoms with E-state index in [1.807, 2.05) is 0 Å². The maximum atomic E-state index is 10.2. The van der Waals surface area contributed by atoms with Gasteiger partial charge in [0, 0.05) is 16.2 Å². The SMILES string of the molecule is [2H]c1c([2H])c(-c2c([2H])c([2H])c3c([2H])c([2H])c([2H])c(-c4c5c([2H])c([2H])c([2H])c([2H])c5c(-c5c([2H])c([2H])c6c([2H])c([2H])c([2H])c([2H])c6c5[2H])c5c([2H])c([2H])c([2H])c([2H])c45)c3c2[2H])c2c(oc3c4c([2H])c([2H])c([2H])c([2H])c4c([2H])c([2H])c32)c1[2H]. The van der Waals surface area contributed by atoms with E-state index < -0.39 is 290 Å². The van der Waals surface area contributed by atoms with Crippen LogP contribution in [0.15, 0.2) is 186 Å². The quantitative estimate of drug-likeness (QED) is 0.170. The van der Waals surface area contributed by atoms with E-state index in [-0.39, 0.29) is 0 Å². The zero-order valence-electron chi connectivity index (χ0n) is 55.4. The van der Waals surface area contributed by atoms with E-state index in [0.29, 0.717) is 0 Å². The van der Waals surface area contributed by atoms with Crippen LogP contribution in [0.1, 0.15) is 41.1 Å². The van der Waals surface area contributed by atoms with Crippen LogP contribution in [0.2, 0.25) is 0 Å². The lowest BCUT2D eigenvalue weighted by Crippen LogP contribution is -1.92. The molecule has 0 aliphatic rings. The first kappa shape index (κ1) is 11.7. The van der Waals surface area contributed by atoms with Crippen LogP contribution in [0.3, 0.4) is 0 Å². The zero-order chi connectivity index (χ0) is 59.6. The Labute approximate surface area is 336 Å². The number of furan rings is 1. The van der Waals surface area contributed by atoms with Gasteiger partial charge in [0.1, 0.15) is 11.2 Å². The van der Waals surface area contributed by atoms with E-state index in [1.54, 1.807) is 0 Å². The molecule has 11 aromatic rings. The molecule has 0 amide bonds. The van der Waals surface area contributed by atoms with E-state index in [0.717, 1.165) is 0 Å². The first-order chi connectivity index (χ1) is 37.8. The minimum absolute atomic E-state index is 0.463. The highest BCUT2D eigenvalue weighted by Crippen LogP contribution is 2.47. The van der Waals surface area contributed by atoms with Crippen LogP contribution in [0.5, 0.6) is 0 Å². The lowest BCUT2D eigenvalue weighted by molar-refractivity contribution is 0.673. The Morgan fingerprint density at radius 3 is 1.67 bits per heavy atom. The van der Waals surface area contributed by atoms with Crippen molar-refractivity contribution in [2.24, 2.45) is 0 Å². The average molecular weight is 677 g/mol. The first-order valence-electron chi connectivity index (χ1n) is 30.2. The fraction of sp³-hybridized carbons (Fsp3) is 0. The molecule has 236 valence electrons. The lowest BCUT2D eigenvalue weighted by Gasteiger charge is -2.19. The molecule has 0 saturated carbocycles. The largest absolute Gasteiger partial charge is 0.455 e. The molecule has 10 aromatic carbocycles. The first-order valence-corrected chi connectivity index (χ1v) is 15.2. The average Bonchev–Trinajstić information content (AvgIpc) is 3.95. The molecule has 1 aromatic heterocycles. The van der Waals surface area contributed by atoms with Crippen LogP contribution >= 0.6 is 0 Å². The Bertz CT molecular complexity index is 4850. The van der Waals surface area contributed by atoms with Crippen molar-refractivity contribution >= 4 is 75.8 Å². The molecule has 0 spiro atoms. The second kappa shape index (κ2) is 10.9. The minimum atomic E-state index is -1.10. The Balaban J connectivity index is 1.44. The van der Waals surface area contributed by atoms with Gasteiger partial charge in [-0.25, -0.2) is 0 Å². The highest BCUT2D eigenvalue weighted by atomic mass is 16.3. The Kier molecular flexibility index (Phi) is 2.50. The summed E-state index contributed by atoms with van der Waals surface area (Å²) in [6, 6.07) is -28.5. The molecule has 1 heterocycles. The summed E-state index contributed by atoms with van der Waals surface area (Å²) in [5, 5.41) is -8.08. The fourth-order valence-corrected chi connectivity index (χ4v) is 6.41. The van der Waals surface area contributed by atoms with Gasteiger partial charge in [0.2, 0.25) is 0 Å². The summed E-state index contributed by atoms with van der Waals surface area (Å²) >= 11 is 0. The van der Waals surface area contributed by atoms with Crippen molar-refractivity contribution < 1.29 is 45.5 Å². The van der Waals surface area contributed by atoms with E-state index in [4.69, 9.17) is 26.3 Å². The van der Waals surface area contributed by atoms with Gasteiger partial charge in [-0.2, -0.15) is 0 Å². The van der Waals surface area contributed by atoms with E-state index in [2.05, 4.69) is 0 Å². The molecule has 0 N–H and O–H groups in total. The van der Waals surface area contributed by atoms with Crippen LogP contribution < -0.4 is 0 Å². The number of rotatable bonds is 3. The molecule has 1 nitrogen and oxygen atoms in total. The summed E-state index contributed by atoms with van der Waals surface area (Å²) in [4.78, 5) is 0. The molecule has 0 aliphatic heterocycles. The Hall–Kier alpha value is -6.70. The maximum absolute atomic E-state index is 10.2. The van der Waals surface area contributed by atoms with Crippen molar-refractivity contribution in [3.05, 3.63) is 181 Å². The number of hydrogen-bond acceptors (Lipinski definition) is 1. The molecule has 0 bridgehead atoms.